The van der Waals surface area contributed by atoms with E-state index in [0.29, 0.717) is 24.1 Å². The standard InChI is InChI=1S/C40H56N10O14/c1-4-20(2)33(38(61)43-18-30(52)46-27(14-22-7-9-24(51)10-8-22)36(59)47-26(40(63)64)11-12-31(53)54)49-37(60)29-6-5-13-50(29)39(62)21(3)45-35(58)28(16-32(55)56)48-34(57)25(41)15-23-17-42-19-44-23/h7-10,17,19-21,25-29,33,51H,4-6,11-16,18,41H2,1-3H3,(H,42,44)(H,43,61)(H,45,58)(H,46,52)(H,47,59)(H,48,57)(H,49,60)(H,53,54)(H,55,56)(H,63,64)/t20-,21-,25-,26-,27-,28-,29-,33-/m0/s1. The Morgan fingerprint density at radius 2 is 1.48 bits per heavy atom. The number of carbonyl (C=O) groups is 10. The maximum atomic E-state index is 13.7. The van der Waals surface area contributed by atoms with Crippen molar-refractivity contribution in [3.8, 4) is 5.75 Å². The molecule has 1 fully saturated rings. The topological polar surface area (TPSA) is 382 Å². The number of hydrogen-bond acceptors (Lipinski definition) is 13. The van der Waals surface area contributed by atoms with Gasteiger partial charge in [-0.1, -0.05) is 32.4 Å². The van der Waals surface area contributed by atoms with Gasteiger partial charge in [0.25, 0.3) is 0 Å². The summed E-state index contributed by atoms with van der Waals surface area (Å²) in [6.45, 7) is 4.13. The quantitative estimate of drug-likeness (QED) is 0.0481. The van der Waals surface area contributed by atoms with E-state index in [4.69, 9.17) is 10.8 Å². The Balaban J connectivity index is 1.65. The number of H-pyrrole nitrogens is 1. The number of nitrogens with two attached hydrogens (primary N) is 1. The summed E-state index contributed by atoms with van der Waals surface area (Å²) in [6, 6.07) is -3.82. The predicted molar refractivity (Wildman–Crippen MR) is 221 cm³/mol. The van der Waals surface area contributed by atoms with Gasteiger partial charge in [0.15, 0.2) is 0 Å². The SMILES string of the molecule is CC[C@H](C)[C@H](NC(=O)[C@@H]1CCCN1C(=O)[C@H](C)NC(=O)[C@H](CC(=O)O)NC(=O)[C@@H](N)Cc1cnc[nH]1)C(=O)NCC(=O)N[C@@H](Cc1ccc(O)cc1)C(=O)N[C@@H](CCC(=O)O)C(=O)O. The number of aromatic nitrogens is 2. The van der Waals surface area contributed by atoms with Gasteiger partial charge in [-0.15, -0.1) is 0 Å². The number of aromatic hydroxyl groups is 1. The summed E-state index contributed by atoms with van der Waals surface area (Å²) in [6.07, 6.45) is 1.74. The van der Waals surface area contributed by atoms with Gasteiger partial charge in [-0.3, -0.25) is 43.2 Å². The van der Waals surface area contributed by atoms with Crippen molar-refractivity contribution in [1.29, 1.82) is 0 Å². The van der Waals surface area contributed by atoms with E-state index in [9.17, 15) is 63.3 Å². The lowest BCUT2D eigenvalue weighted by Crippen LogP contribution is -2.59. The number of benzene rings is 1. The number of phenolic OH excluding ortho intramolecular Hbond substituents is 1. The minimum Gasteiger partial charge on any atom is -0.508 e. The van der Waals surface area contributed by atoms with E-state index in [1.165, 1.54) is 48.6 Å². The first-order valence-electron chi connectivity index (χ1n) is 20.5. The van der Waals surface area contributed by atoms with Gasteiger partial charge < -0.3 is 67.9 Å². The number of likely N-dealkylation sites (tertiary alicyclic amines) is 1. The lowest BCUT2D eigenvalue weighted by Gasteiger charge is -2.30. The minimum absolute atomic E-state index is 0.0107. The molecule has 0 spiro atoms. The summed E-state index contributed by atoms with van der Waals surface area (Å²) in [5.41, 5.74) is 6.91. The molecule has 0 aliphatic carbocycles. The van der Waals surface area contributed by atoms with Crippen molar-refractivity contribution in [3.05, 3.63) is 48.0 Å². The van der Waals surface area contributed by atoms with Crippen LogP contribution in [0.5, 0.6) is 5.75 Å². The van der Waals surface area contributed by atoms with Crippen LogP contribution in [0.4, 0.5) is 0 Å². The highest BCUT2D eigenvalue weighted by Crippen LogP contribution is 2.20. The van der Waals surface area contributed by atoms with E-state index in [2.05, 4.69) is 41.9 Å². The highest BCUT2D eigenvalue weighted by molar-refractivity contribution is 5.98. The van der Waals surface area contributed by atoms with Crippen molar-refractivity contribution in [3.63, 3.8) is 0 Å². The van der Waals surface area contributed by atoms with Gasteiger partial charge in [-0.25, -0.2) is 9.78 Å². The first kappa shape index (κ1) is 51.2. The molecule has 24 heteroatoms. The van der Waals surface area contributed by atoms with E-state index < -0.39 is 133 Å². The first-order chi connectivity index (χ1) is 30.2. The molecule has 24 nitrogen and oxygen atoms in total. The van der Waals surface area contributed by atoms with E-state index in [1.54, 1.807) is 13.8 Å². The maximum absolute atomic E-state index is 13.7. The molecule has 3 rings (SSSR count). The number of hydrogen-bond donors (Lipinski definition) is 12. The van der Waals surface area contributed by atoms with Crippen LogP contribution in [0.25, 0.3) is 0 Å². The molecule has 64 heavy (non-hydrogen) atoms. The summed E-state index contributed by atoms with van der Waals surface area (Å²) < 4.78 is 0. The number of phenols is 1. The number of carbonyl (C=O) groups excluding carboxylic acids is 7. The summed E-state index contributed by atoms with van der Waals surface area (Å²) in [5, 5.41) is 52.1. The third kappa shape index (κ3) is 16.0. The molecule has 1 aliphatic rings. The van der Waals surface area contributed by atoms with Crippen LogP contribution in [0.3, 0.4) is 0 Å². The van der Waals surface area contributed by atoms with Crippen LogP contribution in [-0.2, 0) is 60.8 Å². The van der Waals surface area contributed by atoms with Crippen LogP contribution in [-0.4, -0.2) is 150 Å². The Morgan fingerprint density at radius 1 is 0.828 bits per heavy atom. The smallest absolute Gasteiger partial charge is 0.326 e. The normalized spacial score (nSPS) is 16.6. The van der Waals surface area contributed by atoms with Crippen LogP contribution in [0.2, 0.25) is 0 Å². The number of carboxylic acid groups (broad SMARTS) is 3. The van der Waals surface area contributed by atoms with Crippen LogP contribution < -0.4 is 37.6 Å². The zero-order chi connectivity index (χ0) is 47.7. The highest BCUT2D eigenvalue weighted by atomic mass is 16.4. The molecule has 1 saturated heterocycles. The Labute approximate surface area is 366 Å². The second kappa shape index (κ2) is 24.5. The van der Waals surface area contributed by atoms with Crippen molar-refractivity contribution < 1.29 is 68.4 Å². The van der Waals surface area contributed by atoms with E-state index >= 15 is 0 Å². The van der Waals surface area contributed by atoms with E-state index in [-0.39, 0.29) is 31.6 Å². The third-order valence-corrected chi connectivity index (χ3v) is 10.4. The number of nitrogens with zero attached hydrogens (tertiary/aromatic N) is 2. The van der Waals surface area contributed by atoms with Gasteiger partial charge >= 0.3 is 17.9 Å². The lowest BCUT2D eigenvalue weighted by atomic mass is 9.97. The summed E-state index contributed by atoms with van der Waals surface area (Å²) in [4.78, 5) is 135. The molecule has 0 saturated carbocycles. The minimum atomic E-state index is -1.61. The Bertz CT molecular complexity index is 2000. The fourth-order valence-corrected chi connectivity index (χ4v) is 6.66. The molecule has 350 valence electrons. The average molecular weight is 901 g/mol. The molecule has 2 heterocycles. The molecule has 7 amide bonds. The number of aliphatic carboxylic acids is 3. The van der Waals surface area contributed by atoms with Crippen LogP contribution in [0.1, 0.15) is 70.6 Å². The van der Waals surface area contributed by atoms with Crippen molar-refractivity contribution in [1.82, 2.24) is 46.8 Å². The average Bonchev–Trinajstić information content (AvgIpc) is 3.95. The summed E-state index contributed by atoms with van der Waals surface area (Å²) >= 11 is 0. The van der Waals surface area contributed by atoms with Gasteiger partial charge in [0, 0.05) is 37.7 Å². The van der Waals surface area contributed by atoms with Crippen LogP contribution >= 0.6 is 0 Å². The lowest BCUT2D eigenvalue weighted by molar-refractivity contribution is -0.144. The largest absolute Gasteiger partial charge is 0.508 e. The molecule has 2 aromatic rings. The molecule has 1 aromatic heterocycles. The predicted octanol–water partition coefficient (Wildman–Crippen LogP) is -2.75. The molecule has 1 aliphatic heterocycles. The Morgan fingerprint density at radius 3 is 2.08 bits per heavy atom. The van der Waals surface area contributed by atoms with Crippen molar-refractivity contribution in [2.24, 2.45) is 11.7 Å². The molecular formula is C40H56N10O14. The molecular weight excluding hydrogens is 844 g/mol. The van der Waals surface area contributed by atoms with E-state index in [1.807, 2.05) is 0 Å². The summed E-state index contributed by atoms with van der Waals surface area (Å²) in [5.74, 6) is -10.7. The van der Waals surface area contributed by atoms with Gasteiger partial charge in [-0.05, 0) is 49.8 Å². The van der Waals surface area contributed by atoms with Gasteiger partial charge in [0.2, 0.25) is 41.4 Å². The van der Waals surface area contributed by atoms with Gasteiger partial charge in [0.05, 0.1) is 25.3 Å². The molecule has 0 unspecified atom stereocenters. The second-order valence-electron chi connectivity index (χ2n) is 15.4. The molecule has 1 aromatic carbocycles. The second-order valence-corrected chi connectivity index (χ2v) is 15.4. The number of nitrogens with one attached hydrogen (secondary N) is 7. The summed E-state index contributed by atoms with van der Waals surface area (Å²) in [7, 11) is 0. The number of imidazole rings is 1. The van der Waals surface area contributed by atoms with Crippen LogP contribution in [0.15, 0.2) is 36.8 Å². The van der Waals surface area contributed by atoms with Gasteiger partial charge in [0.1, 0.15) is 42.0 Å². The first-order valence-corrected chi connectivity index (χ1v) is 20.5. The monoisotopic (exact) mass is 900 g/mol. The van der Waals surface area contributed by atoms with E-state index in [0.717, 1.165) is 0 Å². The van der Waals surface area contributed by atoms with Crippen molar-refractivity contribution in [2.75, 3.05) is 13.1 Å². The third-order valence-electron chi connectivity index (χ3n) is 10.4. The molecule has 13 N–H and O–H groups in total. The molecule has 8 atom stereocenters. The number of carboxylic acids is 3. The van der Waals surface area contributed by atoms with Crippen molar-refractivity contribution in [2.45, 2.75) is 114 Å². The zero-order valence-electron chi connectivity index (χ0n) is 35.5. The van der Waals surface area contributed by atoms with Gasteiger partial charge in [-0.2, -0.15) is 0 Å². The molecule has 0 radical (unpaired) electrons. The zero-order valence-corrected chi connectivity index (χ0v) is 35.5. The number of rotatable bonds is 25. The van der Waals surface area contributed by atoms with Crippen molar-refractivity contribution >= 4 is 59.3 Å². The fraction of sp³-hybridized carbons (Fsp3) is 0.525. The Kier molecular flexibility index (Phi) is 19.6. The highest BCUT2D eigenvalue weighted by Gasteiger charge is 2.39. The Hall–Kier alpha value is -7.11. The fourth-order valence-electron chi connectivity index (χ4n) is 6.66. The van der Waals surface area contributed by atoms with Crippen LogP contribution in [0, 0.1) is 5.92 Å². The number of amides is 7. The molecule has 0 bridgehead atoms. The maximum Gasteiger partial charge on any atom is 0.326 e. The number of aromatic amines is 1.